The van der Waals surface area contributed by atoms with Crippen LogP contribution in [0.1, 0.15) is 0 Å². The van der Waals surface area contributed by atoms with Crippen molar-refractivity contribution in [2.24, 2.45) is 0 Å². The number of amides is 1. The summed E-state index contributed by atoms with van der Waals surface area (Å²) in [6, 6.07) is 11.2. The van der Waals surface area contributed by atoms with Gasteiger partial charge in [-0.15, -0.1) is 0 Å². The molecule has 0 spiro atoms. The second kappa shape index (κ2) is 7.09. The standard InChI is InChI=1S/C15H14N2O6S/c1-23-14-9-11(17(19)20)7-8-13(14)16-15(18)10-24(21,22)12-5-3-2-4-6-12/h2-9H,10H2,1H3,(H,16,18). The molecule has 0 atom stereocenters. The minimum atomic E-state index is -3.78. The van der Waals surface area contributed by atoms with Crippen molar-refractivity contribution in [1.29, 1.82) is 0 Å². The fourth-order valence-corrected chi connectivity index (χ4v) is 3.12. The number of hydrogen-bond donors (Lipinski definition) is 1. The van der Waals surface area contributed by atoms with Gasteiger partial charge >= 0.3 is 0 Å². The van der Waals surface area contributed by atoms with Crippen LogP contribution in [0.3, 0.4) is 0 Å². The third-order valence-electron chi connectivity index (χ3n) is 3.09. The molecule has 2 aromatic rings. The van der Waals surface area contributed by atoms with Crippen LogP contribution >= 0.6 is 0 Å². The normalized spacial score (nSPS) is 10.9. The minimum Gasteiger partial charge on any atom is -0.494 e. The van der Waals surface area contributed by atoms with Crippen molar-refractivity contribution < 1.29 is 22.9 Å². The van der Waals surface area contributed by atoms with Gasteiger partial charge in [-0.3, -0.25) is 14.9 Å². The Morgan fingerprint density at radius 2 is 1.88 bits per heavy atom. The Morgan fingerprint density at radius 3 is 2.46 bits per heavy atom. The zero-order valence-corrected chi connectivity index (χ0v) is 13.4. The van der Waals surface area contributed by atoms with Gasteiger partial charge in [0.2, 0.25) is 5.91 Å². The Hall–Kier alpha value is -2.94. The number of hydrogen-bond acceptors (Lipinski definition) is 6. The van der Waals surface area contributed by atoms with Crippen LogP contribution in [0, 0.1) is 10.1 Å². The third-order valence-corrected chi connectivity index (χ3v) is 4.73. The van der Waals surface area contributed by atoms with E-state index < -0.39 is 26.4 Å². The molecule has 0 aromatic heterocycles. The summed E-state index contributed by atoms with van der Waals surface area (Å²) in [4.78, 5) is 22.2. The lowest BCUT2D eigenvalue weighted by atomic mass is 10.2. The Labute approximate surface area is 138 Å². The molecule has 0 fully saturated rings. The number of benzene rings is 2. The van der Waals surface area contributed by atoms with Gasteiger partial charge in [0.15, 0.2) is 9.84 Å². The van der Waals surface area contributed by atoms with Gasteiger partial charge in [-0.2, -0.15) is 0 Å². The van der Waals surface area contributed by atoms with E-state index in [1.807, 2.05) is 0 Å². The van der Waals surface area contributed by atoms with E-state index in [9.17, 15) is 23.3 Å². The summed E-state index contributed by atoms with van der Waals surface area (Å²) in [5.74, 6) is -1.46. The Morgan fingerprint density at radius 1 is 1.21 bits per heavy atom. The first-order valence-corrected chi connectivity index (χ1v) is 8.39. The first kappa shape index (κ1) is 17.4. The molecule has 9 heteroatoms. The van der Waals surface area contributed by atoms with Crippen molar-refractivity contribution in [2.45, 2.75) is 4.90 Å². The van der Waals surface area contributed by atoms with E-state index >= 15 is 0 Å². The predicted molar refractivity (Wildman–Crippen MR) is 86.8 cm³/mol. The molecule has 126 valence electrons. The Balaban J connectivity index is 2.17. The Bertz CT molecular complexity index is 865. The second-order valence-electron chi connectivity index (χ2n) is 4.76. The maximum absolute atomic E-state index is 12.1. The fraction of sp³-hybridized carbons (Fsp3) is 0.133. The van der Waals surface area contributed by atoms with E-state index in [0.29, 0.717) is 0 Å². The quantitative estimate of drug-likeness (QED) is 0.629. The smallest absolute Gasteiger partial charge is 0.273 e. The summed E-state index contributed by atoms with van der Waals surface area (Å²) < 4.78 is 29.3. The van der Waals surface area contributed by atoms with E-state index in [1.54, 1.807) is 18.2 Å². The summed E-state index contributed by atoms with van der Waals surface area (Å²) >= 11 is 0. The van der Waals surface area contributed by atoms with E-state index in [1.165, 1.54) is 31.4 Å². The highest BCUT2D eigenvalue weighted by Crippen LogP contribution is 2.29. The van der Waals surface area contributed by atoms with Gasteiger partial charge in [0.05, 0.1) is 28.7 Å². The Kier molecular flexibility index (Phi) is 5.14. The monoisotopic (exact) mass is 350 g/mol. The van der Waals surface area contributed by atoms with Gasteiger partial charge in [0, 0.05) is 6.07 Å². The molecule has 2 rings (SSSR count). The van der Waals surface area contributed by atoms with Gasteiger partial charge in [-0.05, 0) is 18.2 Å². The largest absolute Gasteiger partial charge is 0.494 e. The molecule has 0 bridgehead atoms. The highest BCUT2D eigenvalue weighted by Gasteiger charge is 2.20. The first-order chi connectivity index (χ1) is 11.3. The second-order valence-corrected chi connectivity index (χ2v) is 6.75. The molecule has 0 aliphatic carbocycles. The molecule has 24 heavy (non-hydrogen) atoms. The van der Waals surface area contributed by atoms with Gasteiger partial charge in [-0.1, -0.05) is 18.2 Å². The summed E-state index contributed by atoms with van der Waals surface area (Å²) in [7, 11) is -2.49. The van der Waals surface area contributed by atoms with Crippen LogP contribution in [0.4, 0.5) is 11.4 Å². The molecule has 0 unspecified atom stereocenters. The maximum Gasteiger partial charge on any atom is 0.273 e. The number of ether oxygens (including phenoxy) is 1. The van der Waals surface area contributed by atoms with Crippen molar-refractivity contribution in [3.05, 3.63) is 58.6 Å². The van der Waals surface area contributed by atoms with Crippen molar-refractivity contribution in [3.8, 4) is 5.75 Å². The number of carbonyl (C=O) groups excluding carboxylic acids is 1. The number of carbonyl (C=O) groups is 1. The van der Waals surface area contributed by atoms with Crippen LogP contribution in [-0.2, 0) is 14.6 Å². The van der Waals surface area contributed by atoms with E-state index in [-0.39, 0.29) is 22.0 Å². The molecule has 0 saturated carbocycles. The molecule has 1 N–H and O–H groups in total. The lowest BCUT2D eigenvalue weighted by Crippen LogP contribution is -2.23. The minimum absolute atomic E-state index is 0.0378. The van der Waals surface area contributed by atoms with Crippen LogP contribution in [0.2, 0.25) is 0 Å². The number of anilines is 1. The fourth-order valence-electron chi connectivity index (χ4n) is 1.97. The SMILES string of the molecule is COc1cc([N+](=O)[O-])ccc1NC(=O)CS(=O)(=O)c1ccccc1. The molecule has 0 aliphatic heterocycles. The van der Waals surface area contributed by atoms with Crippen molar-refractivity contribution in [3.63, 3.8) is 0 Å². The van der Waals surface area contributed by atoms with Crippen LogP contribution in [-0.4, -0.2) is 32.1 Å². The van der Waals surface area contributed by atoms with Crippen LogP contribution < -0.4 is 10.1 Å². The van der Waals surface area contributed by atoms with Gasteiger partial charge in [0.25, 0.3) is 5.69 Å². The number of rotatable bonds is 6. The third kappa shape index (κ3) is 4.07. The number of nitro groups is 1. The molecular formula is C15H14N2O6S. The van der Waals surface area contributed by atoms with Gasteiger partial charge in [0.1, 0.15) is 11.5 Å². The topological polar surface area (TPSA) is 116 Å². The maximum atomic E-state index is 12.1. The van der Waals surface area contributed by atoms with E-state index in [4.69, 9.17) is 4.74 Å². The number of non-ortho nitro benzene ring substituents is 1. The lowest BCUT2D eigenvalue weighted by molar-refractivity contribution is -0.384. The summed E-state index contributed by atoms with van der Waals surface area (Å²) in [5.41, 5.74) is -0.0573. The average Bonchev–Trinajstić information content (AvgIpc) is 2.55. The average molecular weight is 350 g/mol. The van der Waals surface area contributed by atoms with Crippen molar-refractivity contribution >= 4 is 27.1 Å². The number of nitro benzene ring substituents is 1. The zero-order chi connectivity index (χ0) is 17.7. The summed E-state index contributed by atoms with van der Waals surface area (Å²) in [5, 5.41) is 13.1. The summed E-state index contributed by atoms with van der Waals surface area (Å²) in [6.07, 6.45) is 0. The molecule has 1 amide bonds. The zero-order valence-electron chi connectivity index (χ0n) is 12.6. The highest BCUT2D eigenvalue weighted by atomic mass is 32.2. The highest BCUT2D eigenvalue weighted by molar-refractivity contribution is 7.92. The molecule has 0 saturated heterocycles. The molecule has 8 nitrogen and oxygen atoms in total. The van der Waals surface area contributed by atoms with Gasteiger partial charge < -0.3 is 10.1 Å². The molecule has 0 heterocycles. The van der Waals surface area contributed by atoms with Crippen LogP contribution in [0.5, 0.6) is 5.75 Å². The van der Waals surface area contributed by atoms with E-state index in [0.717, 1.165) is 6.07 Å². The molecular weight excluding hydrogens is 336 g/mol. The molecule has 2 aromatic carbocycles. The number of nitrogens with zero attached hydrogens (tertiary/aromatic N) is 1. The van der Waals surface area contributed by atoms with Crippen LogP contribution in [0.25, 0.3) is 0 Å². The predicted octanol–water partition coefficient (Wildman–Crippen LogP) is 2.02. The number of methoxy groups -OCH3 is 1. The van der Waals surface area contributed by atoms with Crippen molar-refractivity contribution in [2.75, 3.05) is 18.2 Å². The number of sulfone groups is 1. The number of nitrogens with one attached hydrogen (secondary N) is 1. The lowest BCUT2D eigenvalue weighted by Gasteiger charge is -2.10. The molecule has 0 radical (unpaired) electrons. The van der Waals surface area contributed by atoms with Gasteiger partial charge in [-0.25, -0.2) is 8.42 Å². The van der Waals surface area contributed by atoms with Crippen molar-refractivity contribution in [1.82, 2.24) is 0 Å². The summed E-state index contributed by atoms with van der Waals surface area (Å²) in [6.45, 7) is 0. The first-order valence-electron chi connectivity index (χ1n) is 6.73. The van der Waals surface area contributed by atoms with E-state index in [2.05, 4.69) is 5.32 Å². The van der Waals surface area contributed by atoms with Crippen LogP contribution in [0.15, 0.2) is 53.4 Å². The molecule has 0 aliphatic rings.